The number of hydrogen-bond donors (Lipinski definition) is 3. The van der Waals surface area contributed by atoms with Crippen molar-refractivity contribution in [2.45, 2.75) is 69.1 Å². The number of halogens is 7. The Kier molecular flexibility index (Phi) is 8.08. The maximum absolute atomic E-state index is 13.8. The molecule has 4 rings (SSSR count). The SMILES string of the molecule is CNC(=O)N1CC[C@@]2(CC[C@H](C(=O)NCc3cc(C(F)(F)F)cc(C(F)(F)F)c3)N2)C[C@@H]1c1ccc(F)cc1C. The molecule has 2 heterocycles. The second kappa shape index (κ2) is 10.9. The van der Waals surface area contributed by atoms with E-state index in [2.05, 4.69) is 16.0 Å². The van der Waals surface area contributed by atoms with E-state index in [1.165, 1.54) is 19.2 Å². The standard InChI is InChI=1S/C27H29F7N4O2/c1-15-9-19(28)3-4-20(15)22-13-25(7-8-38(22)24(40)35-2)6-5-21(37-25)23(39)36-14-16-10-17(26(29,30)31)12-18(11-16)27(32,33)34/h3-4,9-12,21-22,37H,5-8,13-14H2,1-2H3,(H,35,40)(H,36,39)/t21-,22-,25+/m1/s1. The molecule has 6 nitrogen and oxygen atoms in total. The van der Waals surface area contributed by atoms with Crippen molar-refractivity contribution < 1.29 is 40.3 Å². The third-order valence-electron chi connectivity index (χ3n) is 7.68. The summed E-state index contributed by atoms with van der Waals surface area (Å²) < 4.78 is 92.8. The summed E-state index contributed by atoms with van der Waals surface area (Å²) in [7, 11) is 1.51. The molecule has 2 saturated heterocycles. The second-order valence-corrected chi connectivity index (χ2v) is 10.4. The Balaban J connectivity index is 1.48. The number of nitrogens with zero attached hydrogens (tertiary/aromatic N) is 1. The van der Waals surface area contributed by atoms with Crippen LogP contribution in [0.4, 0.5) is 35.5 Å². The molecule has 0 unspecified atom stereocenters. The van der Waals surface area contributed by atoms with Gasteiger partial charge in [0.2, 0.25) is 5.91 Å². The number of hydrogen-bond acceptors (Lipinski definition) is 3. The Labute approximate surface area is 226 Å². The molecule has 2 fully saturated rings. The molecule has 2 aliphatic rings. The lowest BCUT2D eigenvalue weighted by atomic mass is 9.79. The first-order valence-corrected chi connectivity index (χ1v) is 12.7. The monoisotopic (exact) mass is 574 g/mol. The maximum Gasteiger partial charge on any atom is 0.416 e. The Bertz CT molecular complexity index is 1250. The molecule has 3 N–H and O–H groups in total. The Morgan fingerprint density at radius 1 is 1.02 bits per heavy atom. The highest BCUT2D eigenvalue weighted by atomic mass is 19.4. The van der Waals surface area contributed by atoms with Crippen molar-refractivity contribution in [2.24, 2.45) is 0 Å². The highest BCUT2D eigenvalue weighted by Gasteiger charge is 2.47. The fraction of sp³-hybridized carbons (Fsp3) is 0.481. The van der Waals surface area contributed by atoms with Crippen molar-refractivity contribution in [1.82, 2.24) is 20.9 Å². The quantitative estimate of drug-likeness (QED) is 0.425. The van der Waals surface area contributed by atoms with Crippen LogP contribution in [0.5, 0.6) is 0 Å². The lowest BCUT2D eigenvalue weighted by Crippen LogP contribution is -2.57. The molecule has 2 aromatic rings. The number of benzene rings is 2. The number of amides is 3. The van der Waals surface area contributed by atoms with Crippen molar-refractivity contribution in [3.63, 3.8) is 0 Å². The van der Waals surface area contributed by atoms with Crippen molar-refractivity contribution in [2.75, 3.05) is 13.6 Å². The normalized spacial score (nSPS) is 23.4. The van der Waals surface area contributed by atoms with Crippen molar-refractivity contribution in [3.05, 3.63) is 70.0 Å². The molecule has 0 saturated carbocycles. The van der Waals surface area contributed by atoms with E-state index in [0.717, 1.165) is 5.56 Å². The van der Waals surface area contributed by atoms with Crippen LogP contribution < -0.4 is 16.0 Å². The molecule has 2 aromatic carbocycles. The van der Waals surface area contributed by atoms with Crippen LogP contribution in [0.15, 0.2) is 36.4 Å². The molecule has 0 aliphatic carbocycles. The predicted octanol–water partition coefficient (Wildman–Crippen LogP) is 5.46. The van der Waals surface area contributed by atoms with Gasteiger partial charge in [-0.1, -0.05) is 6.07 Å². The van der Waals surface area contributed by atoms with Gasteiger partial charge in [-0.3, -0.25) is 4.79 Å². The zero-order valence-electron chi connectivity index (χ0n) is 21.8. The first-order valence-electron chi connectivity index (χ1n) is 12.7. The molecular weight excluding hydrogens is 545 g/mol. The summed E-state index contributed by atoms with van der Waals surface area (Å²) >= 11 is 0. The van der Waals surface area contributed by atoms with Crippen LogP contribution in [-0.2, 0) is 23.7 Å². The van der Waals surface area contributed by atoms with Crippen LogP contribution >= 0.6 is 0 Å². The van der Waals surface area contributed by atoms with Gasteiger partial charge in [0, 0.05) is 25.7 Å². The average molecular weight is 575 g/mol. The fourth-order valence-corrected chi connectivity index (χ4v) is 5.67. The second-order valence-electron chi connectivity index (χ2n) is 10.4. The van der Waals surface area contributed by atoms with Gasteiger partial charge >= 0.3 is 18.4 Å². The van der Waals surface area contributed by atoms with Crippen molar-refractivity contribution in [1.29, 1.82) is 0 Å². The summed E-state index contributed by atoms with van der Waals surface area (Å²) in [5.74, 6) is -0.955. The van der Waals surface area contributed by atoms with Gasteiger partial charge in [-0.05, 0) is 79.6 Å². The number of piperidine rings is 1. The molecule has 0 bridgehead atoms. The number of nitrogens with one attached hydrogen (secondary N) is 3. The summed E-state index contributed by atoms with van der Waals surface area (Å²) in [6.07, 6.45) is -8.07. The van der Waals surface area contributed by atoms with Gasteiger partial charge in [0.1, 0.15) is 5.82 Å². The molecule has 2 aliphatic heterocycles. The van der Waals surface area contributed by atoms with E-state index in [1.807, 2.05) is 0 Å². The van der Waals surface area contributed by atoms with Crippen LogP contribution in [0.3, 0.4) is 0 Å². The van der Waals surface area contributed by atoms with E-state index in [1.54, 1.807) is 17.9 Å². The van der Waals surface area contributed by atoms with Crippen molar-refractivity contribution >= 4 is 11.9 Å². The molecular formula is C27H29F7N4O2. The van der Waals surface area contributed by atoms with Crippen LogP contribution in [-0.4, -0.2) is 42.0 Å². The molecule has 0 radical (unpaired) electrons. The summed E-state index contributed by atoms with van der Waals surface area (Å²) in [5.41, 5.74) is -2.33. The van der Waals surface area contributed by atoms with E-state index in [4.69, 9.17) is 0 Å². The van der Waals surface area contributed by atoms with Gasteiger partial charge in [-0.25, -0.2) is 9.18 Å². The lowest BCUT2D eigenvalue weighted by molar-refractivity contribution is -0.143. The zero-order chi connectivity index (χ0) is 29.5. The van der Waals surface area contributed by atoms with E-state index in [9.17, 15) is 40.3 Å². The highest BCUT2D eigenvalue weighted by molar-refractivity contribution is 5.82. The number of aryl methyl sites for hydroxylation is 1. The third-order valence-corrected chi connectivity index (χ3v) is 7.68. The predicted molar refractivity (Wildman–Crippen MR) is 131 cm³/mol. The third kappa shape index (κ3) is 6.34. The molecule has 218 valence electrons. The topological polar surface area (TPSA) is 73.5 Å². The minimum atomic E-state index is -4.98. The molecule has 40 heavy (non-hydrogen) atoms. The van der Waals surface area contributed by atoms with Gasteiger partial charge in [0.25, 0.3) is 0 Å². The summed E-state index contributed by atoms with van der Waals surface area (Å²) in [4.78, 5) is 27.2. The molecule has 13 heteroatoms. The van der Waals surface area contributed by atoms with Gasteiger partial charge in [0.15, 0.2) is 0 Å². The first kappa shape index (κ1) is 29.6. The van der Waals surface area contributed by atoms with Gasteiger partial charge in [-0.2, -0.15) is 26.3 Å². The smallest absolute Gasteiger partial charge is 0.351 e. The zero-order valence-corrected chi connectivity index (χ0v) is 21.8. The number of likely N-dealkylation sites (tertiary alicyclic amines) is 1. The Hall–Kier alpha value is -3.35. The van der Waals surface area contributed by atoms with Crippen LogP contribution in [0.25, 0.3) is 0 Å². The van der Waals surface area contributed by atoms with Crippen LogP contribution in [0, 0.1) is 12.7 Å². The van der Waals surface area contributed by atoms with Gasteiger partial charge in [-0.15, -0.1) is 0 Å². The van der Waals surface area contributed by atoms with Crippen LogP contribution in [0.1, 0.15) is 59.5 Å². The van der Waals surface area contributed by atoms with Crippen LogP contribution in [0.2, 0.25) is 0 Å². The first-order chi connectivity index (χ1) is 18.6. The van der Waals surface area contributed by atoms with E-state index < -0.39 is 59.4 Å². The summed E-state index contributed by atoms with van der Waals surface area (Å²) in [5, 5.41) is 8.40. The van der Waals surface area contributed by atoms with E-state index in [-0.39, 0.29) is 17.7 Å². The van der Waals surface area contributed by atoms with Gasteiger partial charge < -0.3 is 20.9 Å². The summed E-state index contributed by atoms with van der Waals surface area (Å²) in [6.45, 7) is 1.59. The lowest BCUT2D eigenvalue weighted by Gasteiger charge is -2.46. The molecule has 3 atom stereocenters. The summed E-state index contributed by atoms with van der Waals surface area (Å²) in [6, 6.07) is 4.12. The van der Waals surface area contributed by atoms with Gasteiger partial charge in [0.05, 0.1) is 23.2 Å². The minimum Gasteiger partial charge on any atom is -0.351 e. The number of carbonyl (C=O) groups excluding carboxylic acids is 2. The highest BCUT2D eigenvalue weighted by Crippen LogP contribution is 2.43. The molecule has 3 amide bonds. The Morgan fingerprint density at radius 2 is 1.68 bits per heavy atom. The Morgan fingerprint density at radius 3 is 2.25 bits per heavy atom. The van der Waals surface area contributed by atoms with E-state index in [0.29, 0.717) is 49.9 Å². The minimum absolute atomic E-state index is 0.0397. The number of urea groups is 1. The number of carbonyl (C=O) groups is 2. The fourth-order valence-electron chi connectivity index (χ4n) is 5.67. The molecule has 1 spiro atoms. The average Bonchev–Trinajstić information content (AvgIpc) is 3.29. The number of rotatable bonds is 4. The van der Waals surface area contributed by atoms with Crippen molar-refractivity contribution in [3.8, 4) is 0 Å². The largest absolute Gasteiger partial charge is 0.416 e. The maximum atomic E-state index is 13.8. The number of alkyl halides is 6. The molecule has 0 aromatic heterocycles. The van der Waals surface area contributed by atoms with E-state index >= 15 is 0 Å².